The van der Waals surface area contributed by atoms with Crippen LogP contribution in [0.25, 0.3) is 10.9 Å². The molecule has 0 unspecified atom stereocenters. The molecule has 2 aromatic rings. The van der Waals surface area contributed by atoms with E-state index in [1.165, 1.54) is 11.7 Å². The predicted molar refractivity (Wildman–Crippen MR) is 53.6 cm³/mol. The van der Waals surface area contributed by atoms with Crippen LogP contribution in [0.5, 0.6) is 0 Å². The number of benzene rings is 1. The molecule has 1 heterocycles. The standard InChI is InChI=1S/C10H10F3N3/c1-16-7-4-2-3-6(5-14)8(7)9(15-16)10(11,12)13/h2-4H,5,14H2,1H3. The second-order valence-electron chi connectivity index (χ2n) is 3.49. The van der Waals surface area contributed by atoms with Gasteiger partial charge in [0.2, 0.25) is 0 Å². The molecule has 0 amide bonds. The summed E-state index contributed by atoms with van der Waals surface area (Å²) < 4.78 is 39.4. The van der Waals surface area contributed by atoms with E-state index >= 15 is 0 Å². The first-order valence-electron chi connectivity index (χ1n) is 4.67. The van der Waals surface area contributed by atoms with Gasteiger partial charge in [0.1, 0.15) is 0 Å². The van der Waals surface area contributed by atoms with Crippen LogP contribution in [0.2, 0.25) is 0 Å². The fraction of sp³-hybridized carbons (Fsp3) is 0.300. The smallest absolute Gasteiger partial charge is 0.326 e. The third-order valence-electron chi connectivity index (χ3n) is 2.45. The molecule has 0 spiro atoms. The molecule has 2 rings (SSSR count). The number of halogens is 3. The monoisotopic (exact) mass is 229 g/mol. The number of hydrogen-bond donors (Lipinski definition) is 1. The highest BCUT2D eigenvalue weighted by Crippen LogP contribution is 2.35. The average Bonchev–Trinajstić information content (AvgIpc) is 2.56. The van der Waals surface area contributed by atoms with Gasteiger partial charge < -0.3 is 5.73 Å². The predicted octanol–water partition coefficient (Wildman–Crippen LogP) is 2.05. The first-order valence-corrected chi connectivity index (χ1v) is 4.67. The second-order valence-corrected chi connectivity index (χ2v) is 3.49. The van der Waals surface area contributed by atoms with Crippen LogP contribution < -0.4 is 5.73 Å². The molecule has 0 atom stereocenters. The zero-order chi connectivity index (χ0) is 11.9. The topological polar surface area (TPSA) is 43.8 Å². The summed E-state index contributed by atoms with van der Waals surface area (Å²) in [5.41, 5.74) is 5.46. The van der Waals surface area contributed by atoms with Gasteiger partial charge in [-0.3, -0.25) is 4.68 Å². The minimum atomic E-state index is -4.45. The van der Waals surface area contributed by atoms with E-state index in [0.717, 1.165) is 0 Å². The maximum Gasteiger partial charge on any atom is 0.435 e. The van der Waals surface area contributed by atoms with E-state index in [0.29, 0.717) is 11.1 Å². The summed E-state index contributed by atoms with van der Waals surface area (Å²) in [5.74, 6) is 0. The lowest BCUT2D eigenvalue weighted by Crippen LogP contribution is -2.08. The third kappa shape index (κ3) is 1.55. The van der Waals surface area contributed by atoms with Gasteiger partial charge in [0.05, 0.1) is 5.52 Å². The molecular formula is C10H10F3N3. The highest BCUT2D eigenvalue weighted by atomic mass is 19.4. The Morgan fingerprint density at radius 2 is 2.06 bits per heavy atom. The van der Waals surface area contributed by atoms with Gasteiger partial charge in [0.25, 0.3) is 0 Å². The molecule has 0 bridgehead atoms. The zero-order valence-corrected chi connectivity index (χ0v) is 8.54. The van der Waals surface area contributed by atoms with Crippen molar-refractivity contribution < 1.29 is 13.2 Å². The van der Waals surface area contributed by atoms with E-state index in [1.807, 2.05) is 0 Å². The van der Waals surface area contributed by atoms with Crippen molar-refractivity contribution in [3.05, 3.63) is 29.5 Å². The molecule has 1 aromatic heterocycles. The van der Waals surface area contributed by atoms with Crippen molar-refractivity contribution in [2.24, 2.45) is 12.8 Å². The largest absolute Gasteiger partial charge is 0.435 e. The zero-order valence-electron chi connectivity index (χ0n) is 8.54. The lowest BCUT2D eigenvalue weighted by Gasteiger charge is -2.05. The van der Waals surface area contributed by atoms with Crippen molar-refractivity contribution in [3.63, 3.8) is 0 Å². The molecule has 3 nitrogen and oxygen atoms in total. The maximum atomic E-state index is 12.7. The molecule has 0 aliphatic heterocycles. The Morgan fingerprint density at radius 3 is 2.62 bits per heavy atom. The van der Waals surface area contributed by atoms with Crippen LogP contribution in [-0.2, 0) is 19.8 Å². The first kappa shape index (κ1) is 10.9. The van der Waals surface area contributed by atoms with Crippen LogP contribution >= 0.6 is 0 Å². The van der Waals surface area contributed by atoms with Gasteiger partial charge in [-0.05, 0) is 11.6 Å². The minimum Gasteiger partial charge on any atom is -0.326 e. The molecular weight excluding hydrogens is 219 g/mol. The van der Waals surface area contributed by atoms with E-state index in [2.05, 4.69) is 5.10 Å². The Hall–Kier alpha value is -1.56. The summed E-state index contributed by atoms with van der Waals surface area (Å²) in [5, 5.41) is 3.60. The van der Waals surface area contributed by atoms with Crippen molar-refractivity contribution in [2.75, 3.05) is 0 Å². The van der Waals surface area contributed by atoms with E-state index in [9.17, 15) is 13.2 Å². The van der Waals surface area contributed by atoms with Crippen LogP contribution in [0.15, 0.2) is 18.2 Å². The van der Waals surface area contributed by atoms with Gasteiger partial charge >= 0.3 is 6.18 Å². The van der Waals surface area contributed by atoms with Crippen LogP contribution in [0.3, 0.4) is 0 Å². The number of aryl methyl sites for hydroxylation is 1. The second kappa shape index (κ2) is 3.48. The van der Waals surface area contributed by atoms with Crippen LogP contribution in [-0.4, -0.2) is 9.78 Å². The lowest BCUT2D eigenvalue weighted by molar-refractivity contribution is -0.140. The number of hydrogen-bond acceptors (Lipinski definition) is 2. The van der Waals surface area contributed by atoms with Crippen LogP contribution in [0.4, 0.5) is 13.2 Å². The molecule has 86 valence electrons. The highest BCUT2D eigenvalue weighted by Gasteiger charge is 2.37. The van der Waals surface area contributed by atoms with Crippen molar-refractivity contribution >= 4 is 10.9 Å². The van der Waals surface area contributed by atoms with Gasteiger partial charge in [-0.15, -0.1) is 0 Å². The average molecular weight is 229 g/mol. The Labute approximate surface area is 89.7 Å². The molecule has 0 radical (unpaired) electrons. The first-order chi connectivity index (χ1) is 7.45. The molecule has 0 saturated heterocycles. The Bertz CT molecular complexity index is 528. The summed E-state index contributed by atoms with van der Waals surface area (Å²) in [6.45, 7) is 0.0616. The van der Waals surface area contributed by atoms with Crippen molar-refractivity contribution in [1.82, 2.24) is 9.78 Å². The van der Waals surface area contributed by atoms with Crippen molar-refractivity contribution in [2.45, 2.75) is 12.7 Å². The van der Waals surface area contributed by atoms with Gasteiger partial charge in [-0.25, -0.2) is 0 Å². The summed E-state index contributed by atoms with van der Waals surface area (Å²) in [6.07, 6.45) is -4.45. The molecule has 2 N–H and O–H groups in total. The minimum absolute atomic E-state index is 0.0616. The fourth-order valence-electron chi connectivity index (χ4n) is 1.75. The van der Waals surface area contributed by atoms with Crippen molar-refractivity contribution in [1.29, 1.82) is 0 Å². The summed E-state index contributed by atoms with van der Waals surface area (Å²) >= 11 is 0. The van der Waals surface area contributed by atoms with Gasteiger partial charge in [-0.2, -0.15) is 18.3 Å². The number of fused-ring (bicyclic) bond motifs is 1. The lowest BCUT2D eigenvalue weighted by atomic mass is 10.1. The molecule has 0 aliphatic rings. The normalized spacial score (nSPS) is 12.3. The molecule has 16 heavy (non-hydrogen) atoms. The van der Waals surface area contributed by atoms with E-state index in [1.54, 1.807) is 18.2 Å². The van der Waals surface area contributed by atoms with Gasteiger partial charge in [0.15, 0.2) is 5.69 Å². The number of nitrogens with zero attached hydrogens (tertiary/aromatic N) is 2. The van der Waals surface area contributed by atoms with Crippen LogP contribution in [0, 0.1) is 0 Å². The third-order valence-corrected chi connectivity index (χ3v) is 2.45. The summed E-state index contributed by atoms with van der Waals surface area (Å²) in [6, 6.07) is 4.85. The molecule has 1 aromatic carbocycles. The van der Waals surface area contributed by atoms with E-state index in [-0.39, 0.29) is 11.9 Å². The van der Waals surface area contributed by atoms with Gasteiger partial charge in [-0.1, -0.05) is 12.1 Å². The number of nitrogens with two attached hydrogens (primary N) is 1. The quantitative estimate of drug-likeness (QED) is 0.813. The highest BCUT2D eigenvalue weighted by molar-refractivity contribution is 5.86. The fourth-order valence-corrected chi connectivity index (χ4v) is 1.75. The number of rotatable bonds is 1. The van der Waals surface area contributed by atoms with Crippen LogP contribution in [0.1, 0.15) is 11.3 Å². The van der Waals surface area contributed by atoms with Gasteiger partial charge in [0, 0.05) is 19.0 Å². The number of alkyl halides is 3. The molecule has 6 heteroatoms. The molecule has 0 aliphatic carbocycles. The Morgan fingerprint density at radius 1 is 1.38 bits per heavy atom. The van der Waals surface area contributed by atoms with Crippen molar-refractivity contribution in [3.8, 4) is 0 Å². The number of aromatic nitrogens is 2. The summed E-state index contributed by atoms with van der Waals surface area (Å²) in [4.78, 5) is 0. The summed E-state index contributed by atoms with van der Waals surface area (Å²) in [7, 11) is 1.48. The Balaban J connectivity index is 2.85. The molecule has 0 saturated carbocycles. The maximum absolute atomic E-state index is 12.7. The Kier molecular flexibility index (Phi) is 2.38. The van der Waals surface area contributed by atoms with E-state index in [4.69, 9.17) is 5.73 Å². The van der Waals surface area contributed by atoms with E-state index < -0.39 is 11.9 Å². The SMILES string of the molecule is Cn1nc(C(F)(F)F)c2c(CN)cccc21. The molecule has 0 fully saturated rings.